The molecule has 4 heteroatoms. The van der Waals surface area contributed by atoms with Gasteiger partial charge >= 0.3 is 0 Å². The summed E-state index contributed by atoms with van der Waals surface area (Å²) in [6.45, 7) is 1.63. The van der Waals surface area contributed by atoms with Gasteiger partial charge in [-0.25, -0.2) is 0 Å². The zero-order chi connectivity index (χ0) is 12.0. The molecule has 1 atom stereocenters. The first-order valence-electron chi connectivity index (χ1n) is 5.34. The molecule has 0 aromatic heterocycles. The van der Waals surface area contributed by atoms with Crippen molar-refractivity contribution in [2.24, 2.45) is 0 Å². The molecule has 1 aromatic carbocycles. The van der Waals surface area contributed by atoms with Crippen LogP contribution in [0.25, 0.3) is 0 Å². The summed E-state index contributed by atoms with van der Waals surface area (Å²) in [6, 6.07) is 7.73. The van der Waals surface area contributed by atoms with Crippen LogP contribution >= 0.6 is 0 Å². The van der Waals surface area contributed by atoms with Gasteiger partial charge in [-0.1, -0.05) is 30.3 Å². The van der Waals surface area contributed by atoms with Crippen LogP contribution in [-0.2, 0) is 5.92 Å². The minimum atomic E-state index is -2.86. The smallest absolute Gasteiger partial charge is 0.285 e. The molecule has 0 bridgehead atoms. The third kappa shape index (κ3) is 4.24. The Bertz CT molecular complexity index is 301. The van der Waals surface area contributed by atoms with Gasteiger partial charge in [-0.15, -0.1) is 0 Å². The third-order valence-corrected chi connectivity index (χ3v) is 2.28. The van der Waals surface area contributed by atoms with Crippen molar-refractivity contribution < 1.29 is 13.9 Å². The molecule has 0 spiro atoms. The zero-order valence-corrected chi connectivity index (χ0v) is 9.29. The van der Waals surface area contributed by atoms with Crippen LogP contribution < -0.4 is 5.32 Å². The van der Waals surface area contributed by atoms with Crippen LogP contribution in [0.1, 0.15) is 18.9 Å². The van der Waals surface area contributed by atoms with Gasteiger partial charge in [0.05, 0.1) is 12.6 Å². The second-order valence-electron chi connectivity index (χ2n) is 3.88. The van der Waals surface area contributed by atoms with E-state index in [-0.39, 0.29) is 5.56 Å². The van der Waals surface area contributed by atoms with Gasteiger partial charge < -0.3 is 10.4 Å². The van der Waals surface area contributed by atoms with E-state index in [0.717, 1.165) is 0 Å². The molecule has 1 aromatic rings. The highest BCUT2D eigenvalue weighted by atomic mass is 19.3. The predicted molar refractivity (Wildman–Crippen MR) is 59.5 cm³/mol. The molecule has 1 rings (SSSR count). The lowest BCUT2D eigenvalue weighted by Gasteiger charge is -2.17. The Kier molecular flexibility index (Phi) is 4.83. The van der Waals surface area contributed by atoms with Gasteiger partial charge in [0, 0.05) is 5.56 Å². The van der Waals surface area contributed by atoms with E-state index in [1.54, 1.807) is 25.1 Å². The van der Waals surface area contributed by atoms with Crippen molar-refractivity contribution in [3.63, 3.8) is 0 Å². The van der Waals surface area contributed by atoms with E-state index in [9.17, 15) is 8.78 Å². The average Bonchev–Trinajstić information content (AvgIpc) is 2.26. The lowest BCUT2D eigenvalue weighted by atomic mass is 10.1. The van der Waals surface area contributed by atoms with Crippen molar-refractivity contribution in [2.45, 2.75) is 25.4 Å². The Labute approximate surface area is 94.3 Å². The normalized spacial score (nSPS) is 13.8. The summed E-state index contributed by atoms with van der Waals surface area (Å²) in [6.07, 6.45) is 0.0167. The number of aliphatic hydroxyl groups is 1. The molecule has 0 aliphatic carbocycles. The van der Waals surface area contributed by atoms with Crippen LogP contribution in [0.3, 0.4) is 0 Å². The van der Waals surface area contributed by atoms with Crippen molar-refractivity contribution in [2.75, 3.05) is 13.1 Å². The summed E-state index contributed by atoms with van der Waals surface area (Å²) >= 11 is 0. The molecule has 0 saturated carbocycles. The number of benzene rings is 1. The summed E-state index contributed by atoms with van der Waals surface area (Å²) in [7, 11) is 0. The Morgan fingerprint density at radius 3 is 2.50 bits per heavy atom. The monoisotopic (exact) mass is 229 g/mol. The number of hydrogen-bond acceptors (Lipinski definition) is 2. The molecule has 0 aliphatic heterocycles. The number of rotatable bonds is 6. The van der Waals surface area contributed by atoms with E-state index in [1.807, 2.05) is 0 Å². The molecular formula is C12H17F2NO. The molecular weight excluding hydrogens is 212 g/mol. The first-order chi connectivity index (χ1) is 7.52. The summed E-state index contributed by atoms with van der Waals surface area (Å²) < 4.78 is 27.1. The van der Waals surface area contributed by atoms with Crippen molar-refractivity contribution in [1.82, 2.24) is 5.32 Å². The van der Waals surface area contributed by atoms with Crippen LogP contribution in [0.4, 0.5) is 8.78 Å². The van der Waals surface area contributed by atoms with E-state index < -0.39 is 18.6 Å². The highest BCUT2D eigenvalue weighted by Crippen LogP contribution is 2.26. The minimum absolute atomic E-state index is 0.0135. The Morgan fingerprint density at radius 2 is 1.94 bits per heavy atom. The number of aliphatic hydroxyl groups excluding tert-OH is 1. The van der Waals surface area contributed by atoms with Crippen LogP contribution in [0.2, 0.25) is 0 Å². The SMILES string of the molecule is CC(O)CCNCC(F)(F)c1ccccc1. The van der Waals surface area contributed by atoms with E-state index in [0.29, 0.717) is 13.0 Å². The van der Waals surface area contributed by atoms with Crippen LogP contribution in [0.15, 0.2) is 30.3 Å². The molecule has 0 amide bonds. The fourth-order valence-electron chi connectivity index (χ4n) is 1.34. The lowest BCUT2D eigenvalue weighted by Crippen LogP contribution is -2.32. The molecule has 2 N–H and O–H groups in total. The molecule has 2 nitrogen and oxygen atoms in total. The Morgan fingerprint density at radius 1 is 1.31 bits per heavy atom. The molecule has 90 valence electrons. The van der Waals surface area contributed by atoms with E-state index in [2.05, 4.69) is 5.32 Å². The summed E-state index contributed by atoms with van der Waals surface area (Å²) in [5.41, 5.74) is 0.0135. The van der Waals surface area contributed by atoms with Crippen LogP contribution in [-0.4, -0.2) is 24.3 Å². The summed E-state index contributed by atoms with van der Waals surface area (Å²) in [5, 5.41) is 11.6. The Hall–Kier alpha value is -1.00. The molecule has 0 heterocycles. The fourth-order valence-corrected chi connectivity index (χ4v) is 1.34. The van der Waals surface area contributed by atoms with E-state index >= 15 is 0 Å². The quantitative estimate of drug-likeness (QED) is 0.732. The number of alkyl halides is 2. The molecule has 0 aliphatic rings. The topological polar surface area (TPSA) is 32.3 Å². The maximum Gasteiger partial charge on any atom is 0.285 e. The molecule has 1 unspecified atom stereocenters. The van der Waals surface area contributed by atoms with Crippen molar-refractivity contribution in [3.05, 3.63) is 35.9 Å². The standard InChI is InChI=1S/C12H17F2NO/c1-10(16)7-8-15-9-12(13,14)11-5-3-2-4-6-11/h2-6,10,15-16H,7-9H2,1H3. The number of halogens is 2. The highest BCUT2D eigenvalue weighted by molar-refractivity contribution is 5.20. The third-order valence-electron chi connectivity index (χ3n) is 2.28. The second-order valence-corrected chi connectivity index (χ2v) is 3.88. The summed E-state index contributed by atoms with van der Waals surface area (Å²) in [5.74, 6) is -2.86. The van der Waals surface area contributed by atoms with Crippen molar-refractivity contribution >= 4 is 0 Å². The maximum absolute atomic E-state index is 13.6. The van der Waals surface area contributed by atoms with Crippen LogP contribution in [0, 0.1) is 0 Å². The van der Waals surface area contributed by atoms with Crippen molar-refractivity contribution in [1.29, 1.82) is 0 Å². The van der Waals surface area contributed by atoms with E-state index in [1.165, 1.54) is 12.1 Å². The van der Waals surface area contributed by atoms with Gasteiger partial charge in [0.2, 0.25) is 0 Å². The maximum atomic E-state index is 13.6. The number of nitrogens with one attached hydrogen (secondary N) is 1. The molecule has 0 radical (unpaired) electrons. The second kappa shape index (κ2) is 5.92. The van der Waals surface area contributed by atoms with Gasteiger partial charge in [-0.3, -0.25) is 0 Å². The van der Waals surface area contributed by atoms with Crippen LogP contribution in [0.5, 0.6) is 0 Å². The fraction of sp³-hybridized carbons (Fsp3) is 0.500. The van der Waals surface area contributed by atoms with E-state index in [4.69, 9.17) is 5.11 Å². The number of hydrogen-bond donors (Lipinski definition) is 2. The minimum Gasteiger partial charge on any atom is -0.393 e. The van der Waals surface area contributed by atoms with Gasteiger partial charge in [0.25, 0.3) is 5.92 Å². The Balaban J connectivity index is 2.40. The zero-order valence-electron chi connectivity index (χ0n) is 9.29. The van der Waals surface area contributed by atoms with Crippen molar-refractivity contribution in [3.8, 4) is 0 Å². The molecule has 0 fully saturated rings. The van der Waals surface area contributed by atoms with Gasteiger partial charge in [-0.2, -0.15) is 8.78 Å². The first-order valence-corrected chi connectivity index (χ1v) is 5.34. The highest BCUT2D eigenvalue weighted by Gasteiger charge is 2.30. The molecule has 0 saturated heterocycles. The predicted octanol–water partition coefficient (Wildman–Crippen LogP) is 2.14. The van der Waals surface area contributed by atoms with Gasteiger partial charge in [0.1, 0.15) is 0 Å². The largest absolute Gasteiger partial charge is 0.393 e. The lowest BCUT2D eigenvalue weighted by molar-refractivity contribution is -0.00365. The molecule has 16 heavy (non-hydrogen) atoms. The summed E-state index contributed by atoms with van der Waals surface area (Å²) in [4.78, 5) is 0. The van der Waals surface area contributed by atoms with Gasteiger partial charge in [-0.05, 0) is 19.9 Å². The van der Waals surface area contributed by atoms with Gasteiger partial charge in [0.15, 0.2) is 0 Å². The first kappa shape index (κ1) is 13.1. The average molecular weight is 229 g/mol.